The molecule has 1 rings (SSSR count). The third-order valence-electron chi connectivity index (χ3n) is 3.53. The summed E-state index contributed by atoms with van der Waals surface area (Å²) in [6.45, 7) is 9.70. The molecule has 1 aromatic carbocycles. The Bertz CT molecular complexity index is 384. The van der Waals surface area contributed by atoms with E-state index in [4.69, 9.17) is 0 Å². The fourth-order valence-corrected chi connectivity index (χ4v) is 1.73. The van der Waals surface area contributed by atoms with E-state index in [-0.39, 0.29) is 0 Å². The molecule has 0 aromatic heterocycles. The quantitative estimate of drug-likeness (QED) is 0.631. The van der Waals surface area contributed by atoms with E-state index >= 15 is 0 Å². The highest BCUT2D eigenvalue weighted by atomic mass is 15.2. The lowest BCUT2D eigenvalue weighted by Crippen LogP contribution is -2.45. The van der Waals surface area contributed by atoms with E-state index in [9.17, 15) is 0 Å². The monoisotopic (exact) mass is 261 g/mol. The largest absolute Gasteiger partial charge is 0.356 e. The number of rotatable bonds is 5. The van der Waals surface area contributed by atoms with Crippen LogP contribution in [0.3, 0.4) is 0 Å². The first-order chi connectivity index (χ1) is 9.04. The van der Waals surface area contributed by atoms with Crippen LogP contribution in [-0.4, -0.2) is 25.6 Å². The highest BCUT2D eigenvalue weighted by Crippen LogP contribution is 2.12. The Morgan fingerprint density at radius 1 is 1.11 bits per heavy atom. The lowest BCUT2D eigenvalue weighted by molar-refractivity contribution is 0.480. The molecule has 0 aliphatic heterocycles. The Balaban J connectivity index is 2.46. The summed E-state index contributed by atoms with van der Waals surface area (Å²) < 4.78 is 0. The molecule has 0 aliphatic carbocycles. The van der Waals surface area contributed by atoms with E-state index in [0.29, 0.717) is 17.9 Å². The van der Waals surface area contributed by atoms with Crippen molar-refractivity contribution in [3.63, 3.8) is 0 Å². The van der Waals surface area contributed by atoms with Gasteiger partial charge in [-0.2, -0.15) is 0 Å². The molecule has 0 saturated carbocycles. The van der Waals surface area contributed by atoms with E-state index < -0.39 is 0 Å². The summed E-state index contributed by atoms with van der Waals surface area (Å²) in [5.41, 5.74) is 1.35. The number of nitrogens with zero attached hydrogens (tertiary/aromatic N) is 1. The molecule has 0 fully saturated rings. The average Bonchev–Trinajstić information content (AvgIpc) is 2.43. The van der Waals surface area contributed by atoms with Crippen molar-refractivity contribution >= 4 is 5.96 Å². The molecule has 3 heteroatoms. The first-order valence-electron chi connectivity index (χ1n) is 7.06. The lowest BCUT2D eigenvalue weighted by atomic mass is 10.0. The first-order valence-corrected chi connectivity index (χ1v) is 7.06. The molecular formula is C16H27N3. The van der Waals surface area contributed by atoms with Gasteiger partial charge in [0.25, 0.3) is 0 Å². The molecule has 0 spiro atoms. The number of hydrogen-bond acceptors (Lipinski definition) is 1. The summed E-state index contributed by atoms with van der Waals surface area (Å²) in [7, 11) is 1.82. The zero-order valence-electron chi connectivity index (χ0n) is 12.8. The van der Waals surface area contributed by atoms with Crippen LogP contribution in [0, 0.1) is 5.92 Å². The van der Waals surface area contributed by atoms with Gasteiger partial charge in [-0.3, -0.25) is 4.99 Å². The highest BCUT2D eigenvalue weighted by molar-refractivity contribution is 5.80. The van der Waals surface area contributed by atoms with Gasteiger partial charge in [-0.05, 0) is 24.3 Å². The van der Waals surface area contributed by atoms with Crippen LogP contribution in [-0.2, 0) is 0 Å². The molecule has 0 heterocycles. The summed E-state index contributed by atoms with van der Waals surface area (Å²) in [6.07, 6.45) is 0. The van der Waals surface area contributed by atoms with Crippen LogP contribution in [0.5, 0.6) is 0 Å². The summed E-state index contributed by atoms with van der Waals surface area (Å²) in [5, 5.41) is 6.80. The van der Waals surface area contributed by atoms with Crippen LogP contribution in [0.1, 0.15) is 39.2 Å². The summed E-state index contributed by atoms with van der Waals surface area (Å²) in [4.78, 5) is 4.27. The van der Waals surface area contributed by atoms with Gasteiger partial charge in [0, 0.05) is 19.6 Å². The number of aliphatic imine (C=N–C) groups is 1. The summed E-state index contributed by atoms with van der Waals surface area (Å²) >= 11 is 0. The van der Waals surface area contributed by atoms with Crippen molar-refractivity contribution in [1.82, 2.24) is 10.6 Å². The van der Waals surface area contributed by atoms with Gasteiger partial charge in [-0.1, -0.05) is 51.1 Å². The van der Waals surface area contributed by atoms with Crippen LogP contribution in [0.25, 0.3) is 0 Å². The van der Waals surface area contributed by atoms with E-state index in [1.807, 2.05) is 7.05 Å². The second kappa shape index (κ2) is 7.82. The molecule has 0 aliphatic rings. The molecule has 2 atom stereocenters. The molecule has 19 heavy (non-hydrogen) atoms. The standard InChI is InChI=1S/C16H27N3/c1-12(2)14(4)19-16(17-5)18-11-13(3)15-9-7-6-8-10-15/h6-10,12-14H,11H2,1-5H3,(H2,17,18,19). The van der Waals surface area contributed by atoms with Crippen LogP contribution < -0.4 is 10.6 Å². The maximum Gasteiger partial charge on any atom is 0.191 e. The van der Waals surface area contributed by atoms with E-state index in [1.54, 1.807) is 0 Å². The van der Waals surface area contributed by atoms with Crippen molar-refractivity contribution < 1.29 is 0 Å². The predicted octanol–water partition coefficient (Wildman–Crippen LogP) is 3.00. The topological polar surface area (TPSA) is 36.4 Å². The van der Waals surface area contributed by atoms with Crippen molar-refractivity contribution in [3.05, 3.63) is 35.9 Å². The van der Waals surface area contributed by atoms with Gasteiger partial charge in [0.15, 0.2) is 5.96 Å². The minimum absolute atomic E-state index is 0.415. The van der Waals surface area contributed by atoms with Gasteiger partial charge in [0.2, 0.25) is 0 Å². The van der Waals surface area contributed by atoms with E-state index in [0.717, 1.165) is 12.5 Å². The molecular weight excluding hydrogens is 234 g/mol. The van der Waals surface area contributed by atoms with Crippen LogP contribution in [0.4, 0.5) is 0 Å². The third-order valence-corrected chi connectivity index (χ3v) is 3.53. The zero-order chi connectivity index (χ0) is 14.3. The Kier molecular flexibility index (Phi) is 6.40. The highest BCUT2D eigenvalue weighted by Gasteiger charge is 2.10. The zero-order valence-corrected chi connectivity index (χ0v) is 12.8. The minimum Gasteiger partial charge on any atom is -0.356 e. The Morgan fingerprint density at radius 2 is 1.74 bits per heavy atom. The second-order valence-corrected chi connectivity index (χ2v) is 5.44. The first kappa shape index (κ1) is 15.5. The van der Waals surface area contributed by atoms with Gasteiger partial charge in [0.05, 0.1) is 0 Å². The third kappa shape index (κ3) is 5.33. The van der Waals surface area contributed by atoms with Gasteiger partial charge >= 0.3 is 0 Å². The van der Waals surface area contributed by atoms with Crippen LogP contribution in [0.15, 0.2) is 35.3 Å². The second-order valence-electron chi connectivity index (χ2n) is 5.44. The van der Waals surface area contributed by atoms with Crippen molar-refractivity contribution in [1.29, 1.82) is 0 Å². The van der Waals surface area contributed by atoms with Crippen molar-refractivity contribution in [2.75, 3.05) is 13.6 Å². The Hall–Kier alpha value is -1.51. The maximum atomic E-state index is 4.27. The lowest BCUT2D eigenvalue weighted by Gasteiger charge is -2.22. The molecule has 0 radical (unpaired) electrons. The molecule has 0 saturated heterocycles. The molecule has 106 valence electrons. The van der Waals surface area contributed by atoms with Crippen LogP contribution in [0.2, 0.25) is 0 Å². The van der Waals surface area contributed by atoms with Crippen molar-refractivity contribution in [2.24, 2.45) is 10.9 Å². The Labute approximate surface area is 117 Å². The molecule has 3 nitrogen and oxygen atoms in total. The molecule has 0 bridgehead atoms. The fraction of sp³-hybridized carbons (Fsp3) is 0.562. The summed E-state index contributed by atoms with van der Waals surface area (Å²) in [6, 6.07) is 11.0. The van der Waals surface area contributed by atoms with E-state index in [1.165, 1.54) is 5.56 Å². The minimum atomic E-state index is 0.415. The fourth-order valence-electron chi connectivity index (χ4n) is 1.73. The smallest absolute Gasteiger partial charge is 0.191 e. The Morgan fingerprint density at radius 3 is 2.26 bits per heavy atom. The molecule has 2 unspecified atom stereocenters. The number of guanidine groups is 1. The van der Waals surface area contributed by atoms with Crippen LogP contribution >= 0.6 is 0 Å². The average molecular weight is 261 g/mol. The molecule has 1 aromatic rings. The van der Waals surface area contributed by atoms with Gasteiger partial charge in [0.1, 0.15) is 0 Å². The number of hydrogen-bond donors (Lipinski definition) is 2. The summed E-state index contributed by atoms with van der Waals surface area (Å²) in [5.74, 6) is 1.93. The predicted molar refractivity (Wildman–Crippen MR) is 83.7 cm³/mol. The van der Waals surface area contributed by atoms with Gasteiger partial charge in [-0.25, -0.2) is 0 Å². The molecule has 0 amide bonds. The normalized spacial score (nSPS) is 15.2. The van der Waals surface area contributed by atoms with E-state index in [2.05, 4.69) is 73.7 Å². The maximum absolute atomic E-state index is 4.27. The SMILES string of the molecule is CN=C(NCC(C)c1ccccc1)NC(C)C(C)C. The van der Waals surface area contributed by atoms with Crippen molar-refractivity contribution in [2.45, 2.75) is 39.7 Å². The molecule has 2 N–H and O–H groups in total. The van der Waals surface area contributed by atoms with Gasteiger partial charge in [-0.15, -0.1) is 0 Å². The van der Waals surface area contributed by atoms with Crippen molar-refractivity contribution in [3.8, 4) is 0 Å². The number of nitrogens with one attached hydrogen (secondary N) is 2. The number of benzene rings is 1. The van der Waals surface area contributed by atoms with Gasteiger partial charge < -0.3 is 10.6 Å².